The average molecular weight is 388 g/mol. The molecule has 0 bridgehead atoms. The molecule has 0 aliphatic heterocycles. The van der Waals surface area contributed by atoms with E-state index >= 15 is 0 Å². The molecule has 5 aromatic rings. The first-order chi connectivity index (χ1) is 14.7. The Kier molecular flexibility index (Phi) is 4.49. The van der Waals surface area contributed by atoms with Gasteiger partial charge in [0.15, 0.2) is 0 Å². The van der Waals surface area contributed by atoms with E-state index in [9.17, 15) is 5.11 Å². The van der Waals surface area contributed by atoms with E-state index in [1.54, 1.807) is 6.07 Å². The van der Waals surface area contributed by atoms with Gasteiger partial charge >= 0.3 is 0 Å². The van der Waals surface area contributed by atoms with Crippen molar-refractivity contribution >= 4 is 32.9 Å². The summed E-state index contributed by atoms with van der Waals surface area (Å²) in [5.74, 6) is 0.258. The molecule has 0 radical (unpaired) electrons. The molecule has 0 saturated heterocycles. The summed E-state index contributed by atoms with van der Waals surface area (Å²) in [5.41, 5.74) is 4.43. The highest BCUT2D eigenvalue weighted by atomic mass is 16.3. The number of hydrogen-bond acceptors (Lipinski definition) is 3. The van der Waals surface area contributed by atoms with Crippen molar-refractivity contribution in [3.05, 3.63) is 103 Å². The minimum atomic E-state index is 0.258. The summed E-state index contributed by atoms with van der Waals surface area (Å²) in [6.07, 6.45) is 0. The Hall–Kier alpha value is -3.98. The van der Waals surface area contributed by atoms with Gasteiger partial charge in [-0.15, -0.1) is 0 Å². The van der Waals surface area contributed by atoms with Gasteiger partial charge in [0.05, 0.1) is 11.4 Å². The van der Waals surface area contributed by atoms with Crippen LogP contribution in [0, 0.1) is 6.92 Å². The molecule has 0 unspecified atom stereocenters. The fraction of sp³-hybridized carbons (Fsp3) is 0.0370. The molecular weight excluding hydrogens is 368 g/mol. The third kappa shape index (κ3) is 3.11. The SMILES string of the molecule is Cc1c(N=Nc2ccccc2)cc(-c2c(O)ccc3ccccc23)c2ccccc12. The largest absolute Gasteiger partial charge is 0.507 e. The summed E-state index contributed by atoms with van der Waals surface area (Å²) < 4.78 is 0. The van der Waals surface area contributed by atoms with Crippen LogP contribution in [0.4, 0.5) is 11.4 Å². The van der Waals surface area contributed by atoms with E-state index < -0.39 is 0 Å². The number of aryl methyl sites for hydroxylation is 1. The minimum absolute atomic E-state index is 0.258. The molecule has 3 nitrogen and oxygen atoms in total. The number of phenols is 1. The fourth-order valence-corrected chi connectivity index (χ4v) is 3.97. The first-order valence-electron chi connectivity index (χ1n) is 9.92. The summed E-state index contributed by atoms with van der Waals surface area (Å²) in [6.45, 7) is 2.06. The van der Waals surface area contributed by atoms with Crippen LogP contribution in [0.3, 0.4) is 0 Å². The summed E-state index contributed by atoms with van der Waals surface area (Å²) in [5, 5.41) is 24.1. The molecular formula is C27H20N2O. The molecule has 0 aliphatic rings. The van der Waals surface area contributed by atoms with Crippen LogP contribution < -0.4 is 0 Å². The number of rotatable bonds is 3. The van der Waals surface area contributed by atoms with Crippen LogP contribution >= 0.6 is 0 Å². The molecule has 0 heterocycles. The number of fused-ring (bicyclic) bond motifs is 2. The van der Waals surface area contributed by atoms with Crippen molar-refractivity contribution in [1.29, 1.82) is 0 Å². The molecule has 0 saturated carbocycles. The maximum atomic E-state index is 10.8. The molecule has 1 N–H and O–H groups in total. The Balaban J connectivity index is 1.80. The maximum Gasteiger partial charge on any atom is 0.124 e. The molecule has 5 rings (SSSR count). The number of nitrogens with zero attached hydrogens (tertiary/aromatic N) is 2. The molecule has 0 atom stereocenters. The highest BCUT2D eigenvalue weighted by Gasteiger charge is 2.16. The van der Waals surface area contributed by atoms with Crippen molar-refractivity contribution in [1.82, 2.24) is 0 Å². The van der Waals surface area contributed by atoms with E-state index in [1.165, 1.54) is 0 Å². The van der Waals surface area contributed by atoms with E-state index in [2.05, 4.69) is 35.4 Å². The van der Waals surface area contributed by atoms with Crippen molar-refractivity contribution in [2.24, 2.45) is 10.2 Å². The van der Waals surface area contributed by atoms with Crippen molar-refractivity contribution in [2.45, 2.75) is 6.92 Å². The zero-order valence-corrected chi connectivity index (χ0v) is 16.6. The molecule has 0 aliphatic carbocycles. The molecule has 30 heavy (non-hydrogen) atoms. The summed E-state index contributed by atoms with van der Waals surface area (Å²) in [6, 6.07) is 31.8. The van der Waals surface area contributed by atoms with E-state index in [-0.39, 0.29) is 5.75 Å². The minimum Gasteiger partial charge on any atom is -0.507 e. The van der Waals surface area contributed by atoms with Gasteiger partial charge in [-0.1, -0.05) is 72.8 Å². The maximum absolute atomic E-state index is 10.8. The summed E-state index contributed by atoms with van der Waals surface area (Å²) >= 11 is 0. The number of phenolic OH excluding ortho intramolecular Hbond substituents is 1. The average Bonchev–Trinajstić information content (AvgIpc) is 2.80. The lowest BCUT2D eigenvalue weighted by atomic mass is 9.91. The smallest absolute Gasteiger partial charge is 0.124 e. The number of benzene rings is 5. The fourth-order valence-electron chi connectivity index (χ4n) is 3.97. The van der Waals surface area contributed by atoms with Gasteiger partial charge in [0.25, 0.3) is 0 Å². The third-order valence-electron chi connectivity index (χ3n) is 5.49. The predicted molar refractivity (Wildman–Crippen MR) is 124 cm³/mol. The van der Waals surface area contributed by atoms with Gasteiger partial charge in [0.2, 0.25) is 0 Å². The molecule has 3 heteroatoms. The Bertz CT molecular complexity index is 1410. The monoisotopic (exact) mass is 388 g/mol. The van der Waals surface area contributed by atoms with Gasteiger partial charge < -0.3 is 5.11 Å². The standard InChI is InChI=1S/C27H20N2O/c1-18-21-12-7-8-14-23(21)24(17-25(18)29-28-20-10-3-2-4-11-20)27-22-13-6-5-9-19(22)15-16-26(27)30/h2-17,30H,1H3. The molecule has 0 fully saturated rings. The zero-order chi connectivity index (χ0) is 20.5. The van der Waals surface area contributed by atoms with Gasteiger partial charge in [-0.25, -0.2) is 0 Å². The molecule has 0 aromatic heterocycles. The lowest BCUT2D eigenvalue weighted by Gasteiger charge is -2.15. The molecule has 144 valence electrons. The van der Waals surface area contributed by atoms with Crippen LogP contribution in [0.1, 0.15) is 5.56 Å². The van der Waals surface area contributed by atoms with E-state index in [0.717, 1.165) is 49.6 Å². The number of aromatic hydroxyl groups is 1. The highest BCUT2D eigenvalue weighted by Crippen LogP contribution is 2.43. The third-order valence-corrected chi connectivity index (χ3v) is 5.49. The van der Waals surface area contributed by atoms with Crippen molar-refractivity contribution in [3.8, 4) is 16.9 Å². The van der Waals surface area contributed by atoms with Gasteiger partial charge in [-0.3, -0.25) is 0 Å². The number of azo groups is 1. The second-order valence-corrected chi connectivity index (χ2v) is 7.33. The van der Waals surface area contributed by atoms with Crippen LogP contribution in [0.5, 0.6) is 5.75 Å². The lowest BCUT2D eigenvalue weighted by molar-refractivity contribution is 0.478. The van der Waals surface area contributed by atoms with E-state index in [1.807, 2.05) is 72.8 Å². The Morgan fingerprint density at radius 1 is 0.633 bits per heavy atom. The molecule has 0 amide bonds. The molecule has 0 spiro atoms. The quantitative estimate of drug-likeness (QED) is 0.312. The van der Waals surface area contributed by atoms with Crippen LogP contribution in [0.25, 0.3) is 32.7 Å². The van der Waals surface area contributed by atoms with Crippen LogP contribution in [-0.2, 0) is 0 Å². The Labute approximate surface area is 175 Å². The molecule has 5 aromatic carbocycles. The topological polar surface area (TPSA) is 45.0 Å². The van der Waals surface area contributed by atoms with Gasteiger partial charge in [0, 0.05) is 5.56 Å². The van der Waals surface area contributed by atoms with Crippen molar-refractivity contribution in [2.75, 3.05) is 0 Å². The first kappa shape index (κ1) is 18.1. The number of hydrogen-bond donors (Lipinski definition) is 1. The van der Waals surface area contributed by atoms with Crippen LogP contribution in [0.15, 0.2) is 107 Å². The van der Waals surface area contributed by atoms with Gasteiger partial charge in [-0.2, -0.15) is 10.2 Å². The normalized spacial score (nSPS) is 11.5. The Morgan fingerprint density at radius 3 is 2.10 bits per heavy atom. The van der Waals surface area contributed by atoms with Gasteiger partial charge in [0.1, 0.15) is 5.75 Å². The van der Waals surface area contributed by atoms with Crippen molar-refractivity contribution in [3.63, 3.8) is 0 Å². The highest BCUT2D eigenvalue weighted by molar-refractivity contribution is 6.09. The van der Waals surface area contributed by atoms with E-state index in [0.29, 0.717) is 0 Å². The Morgan fingerprint density at radius 2 is 1.30 bits per heavy atom. The van der Waals surface area contributed by atoms with Gasteiger partial charge in [-0.05, 0) is 63.9 Å². The zero-order valence-electron chi connectivity index (χ0n) is 16.6. The van der Waals surface area contributed by atoms with Crippen LogP contribution in [0.2, 0.25) is 0 Å². The first-order valence-corrected chi connectivity index (χ1v) is 9.92. The summed E-state index contributed by atoms with van der Waals surface area (Å²) in [7, 11) is 0. The second-order valence-electron chi connectivity index (χ2n) is 7.33. The summed E-state index contributed by atoms with van der Waals surface area (Å²) in [4.78, 5) is 0. The van der Waals surface area contributed by atoms with Crippen molar-refractivity contribution < 1.29 is 5.11 Å². The van der Waals surface area contributed by atoms with Crippen LogP contribution in [-0.4, -0.2) is 5.11 Å². The predicted octanol–water partition coefficient (Wildman–Crippen LogP) is 8.09. The second kappa shape index (κ2) is 7.45. The van der Waals surface area contributed by atoms with E-state index in [4.69, 9.17) is 0 Å². The lowest BCUT2D eigenvalue weighted by Crippen LogP contribution is -1.88.